The zero-order chi connectivity index (χ0) is 25.7. The van der Waals surface area contributed by atoms with Crippen molar-refractivity contribution in [3.8, 4) is 0 Å². The highest BCUT2D eigenvalue weighted by atomic mass is 16.6. The lowest BCUT2D eigenvalue weighted by Gasteiger charge is -2.58. The predicted molar refractivity (Wildman–Crippen MR) is 122 cm³/mol. The molecule has 2 bridgehead atoms. The minimum atomic E-state index is -1.37. The molecule has 0 saturated heterocycles. The van der Waals surface area contributed by atoms with E-state index in [9.17, 15) is 24.3 Å². The molecule has 188 valence electrons. The Morgan fingerprint density at radius 1 is 1.00 bits per heavy atom. The number of aliphatic hydroxyl groups is 1. The number of hydrogen-bond acceptors (Lipinski definition) is 8. The van der Waals surface area contributed by atoms with Crippen molar-refractivity contribution in [2.75, 3.05) is 0 Å². The first-order valence-corrected chi connectivity index (χ1v) is 11.8. The van der Waals surface area contributed by atoms with Crippen LogP contribution in [0.2, 0.25) is 0 Å². The maximum absolute atomic E-state index is 13.8. The Balaban J connectivity index is 2.30. The molecular weight excluding hydrogens is 440 g/mol. The highest BCUT2D eigenvalue weighted by Gasteiger charge is 2.63. The summed E-state index contributed by atoms with van der Waals surface area (Å²) in [7, 11) is 0. The second-order valence-corrected chi connectivity index (χ2v) is 10.8. The summed E-state index contributed by atoms with van der Waals surface area (Å²) < 4.78 is 17.2. The second kappa shape index (κ2) is 8.95. The Morgan fingerprint density at radius 2 is 1.56 bits per heavy atom. The van der Waals surface area contributed by atoms with Crippen molar-refractivity contribution >= 4 is 23.7 Å². The van der Waals surface area contributed by atoms with E-state index < -0.39 is 65.0 Å². The third-order valence-electron chi connectivity index (χ3n) is 8.01. The van der Waals surface area contributed by atoms with Gasteiger partial charge in [0, 0.05) is 55.4 Å². The van der Waals surface area contributed by atoms with Gasteiger partial charge in [0.25, 0.3) is 0 Å². The molecular formula is C26H36O8. The first kappa shape index (κ1) is 26.1. The van der Waals surface area contributed by atoms with Gasteiger partial charge in [-0.25, -0.2) is 0 Å². The summed E-state index contributed by atoms with van der Waals surface area (Å²) in [6.45, 7) is 15.4. The molecule has 1 N–H and O–H groups in total. The number of Topliss-reactive ketones (excluding diaryl/α,β-unsaturated/α-hetero) is 1. The van der Waals surface area contributed by atoms with Gasteiger partial charge < -0.3 is 19.3 Å². The van der Waals surface area contributed by atoms with Crippen molar-refractivity contribution in [3.63, 3.8) is 0 Å². The van der Waals surface area contributed by atoms with E-state index in [-0.39, 0.29) is 12.2 Å². The molecule has 0 aliphatic heterocycles. The number of fused-ring (bicyclic) bond motifs is 3. The summed E-state index contributed by atoms with van der Waals surface area (Å²) in [6, 6.07) is 0. The van der Waals surface area contributed by atoms with Gasteiger partial charge in [-0.15, -0.1) is 0 Å². The van der Waals surface area contributed by atoms with Crippen LogP contribution in [0.1, 0.15) is 67.7 Å². The molecule has 3 aliphatic carbocycles. The molecule has 0 spiro atoms. The summed E-state index contributed by atoms with van der Waals surface area (Å²) in [6.07, 6.45) is -2.55. The smallest absolute Gasteiger partial charge is 0.303 e. The molecule has 0 aromatic heterocycles. The average Bonchev–Trinajstić information content (AvgIpc) is 2.66. The van der Waals surface area contributed by atoms with E-state index in [4.69, 9.17) is 14.2 Å². The number of esters is 3. The van der Waals surface area contributed by atoms with E-state index in [0.717, 1.165) is 5.57 Å². The lowest BCUT2D eigenvalue weighted by atomic mass is 9.49. The van der Waals surface area contributed by atoms with Crippen LogP contribution in [0.5, 0.6) is 0 Å². The van der Waals surface area contributed by atoms with Crippen LogP contribution < -0.4 is 0 Å². The van der Waals surface area contributed by atoms with Crippen LogP contribution in [0.4, 0.5) is 0 Å². The van der Waals surface area contributed by atoms with Gasteiger partial charge in [0.05, 0.1) is 0 Å². The number of carbonyl (C=O) groups excluding carboxylic acids is 4. The molecule has 0 unspecified atom stereocenters. The molecule has 0 aromatic rings. The Kier molecular flexibility index (Phi) is 6.88. The molecule has 34 heavy (non-hydrogen) atoms. The number of hydrogen-bond donors (Lipinski definition) is 1. The summed E-state index contributed by atoms with van der Waals surface area (Å²) in [5.74, 6) is -3.17. The van der Waals surface area contributed by atoms with E-state index in [2.05, 4.69) is 6.58 Å². The van der Waals surface area contributed by atoms with Crippen molar-refractivity contribution in [3.05, 3.63) is 23.3 Å². The van der Waals surface area contributed by atoms with Gasteiger partial charge in [0.1, 0.15) is 24.4 Å². The number of aliphatic hydroxyl groups excluding tert-OH is 1. The van der Waals surface area contributed by atoms with Crippen molar-refractivity contribution in [2.45, 2.75) is 92.1 Å². The van der Waals surface area contributed by atoms with Crippen LogP contribution in [0.3, 0.4) is 0 Å². The monoisotopic (exact) mass is 476 g/mol. The van der Waals surface area contributed by atoms with Gasteiger partial charge in [-0.1, -0.05) is 32.9 Å². The standard InChI is InChI=1S/C26H36O8/c1-12-11-18(33-15(4)28)21-23(34-16(5)29)20-13(2)17(32-14(3)27)9-10-26(20,8)24(31)22(30)19(12)25(21,6)7/h17-18,20-21,23-24,31H,2,9-11H2,1,3-8H3/t17-,18-,20+,21-,23-,24+,26-/m0/s1. The van der Waals surface area contributed by atoms with Gasteiger partial charge >= 0.3 is 17.9 Å². The molecule has 2 fully saturated rings. The van der Waals surface area contributed by atoms with Crippen LogP contribution in [0.25, 0.3) is 0 Å². The van der Waals surface area contributed by atoms with Crippen LogP contribution in [0.15, 0.2) is 23.3 Å². The van der Waals surface area contributed by atoms with Crippen LogP contribution >= 0.6 is 0 Å². The molecule has 3 aliphatic rings. The fourth-order valence-electron chi connectivity index (χ4n) is 6.80. The van der Waals surface area contributed by atoms with Gasteiger partial charge in [-0.3, -0.25) is 19.2 Å². The fourth-order valence-corrected chi connectivity index (χ4v) is 6.80. The third-order valence-corrected chi connectivity index (χ3v) is 8.01. The second-order valence-electron chi connectivity index (χ2n) is 10.8. The van der Waals surface area contributed by atoms with Gasteiger partial charge in [-0.05, 0) is 25.3 Å². The molecule has 7 atom stereocenters. The van der Waals surface area contributed by atoms with Crippen molar-refractivity contribution in [2.24, 2.45) is 22.7 Å². The Morgan fingerprint density at radius 3 is 2.09 bits per heavy atom. The van der Waals surface area contributed by atoms with Crippen molar-refractivity contribution < 1.29 is 38.5 Å². The molecule has 0 radical (unpaired) electrons. The highest BCUT2D eigenvalue weighted by molar-refractivity contribution is 6.01. The number of ether oxygens (including phenoxy) is 3. The van der Waals surface area contributed by atoms with Crippen LogP contribution in [-0.4, -0.2) is 53.2 Å². The first-order valence-electron chi connectivity index (χ1n) is 11.8. The molecule has 0 amide bonds. The minimum absolute atomic E-state index is 0.280. The maximum Gasteiger partial charge on any atom is 0.303 e. The molecule has 3 rings (SSSR count). The van der Waals surface area contributed by atoms with Crippen molar-refractivity contribution in [1.29, 1.82) is 0 Å². The SMILES string of the molecule is C=C1[C@@H](OC(C)=O)CC[C@]2(C)[C@H](O)C(=O)C3=C(C)C[C@H](OC(C)=O)[C@@H]([C@@H](OC(C)=O)[C@@H]12)C3(C)C. The first-order chi connectivity index (χ1) is 15.6. The van der Waals surface area contributed by atoms with E-state index in [1.807, 2.05) is 20.8 Å². The summed E-state index contributed by atoms with van der Waals surface area (Å²) in [5.41, 5.74) is -0.223. The van der Waals surface area contributed by atoms with Gasteiger partial charge in [0.15, 0.2) is 5.78 Å². The Labute approximate surface area is 200 Å². The van der Waals surface area contributed by atoms with Gasteiger partial charge in [-0.2, -0.15) is 0 Å². The zero-order valence-electron chi connectivity index (χ0n) is 21.1. The highest BCUT2D eigenvalue weighted by Crippen LogP contribution is 2.59. The van der Waals surface area contributed by atoms with E-state index in [1.54, 1.807) is 6.92 Å². The summed E-state index contributed by atoms with van der Waals surface area (Å²) in [5, 5.41) is 11.5. The van der Waals surface area contributed by atoms with E-state index in [1.165, 1.54) is 20.8 Å². The normalized spacial score (nSPS) is 37.2. The Bertz CT molecular complexity index is 960. The zero-order valence-corrected chi connectivity index (χ0v) is 21.1. The average molecular weight is 477 g/mol. The lowest BCUT2D eigenvalue weighted by molar-refractivity contribution is -0.189. The maximum atomic E-state index is 13.8. The Hall–Kier alpha value is -2.48. The fraction of sp³-hybridized carbons (Fsp3) is 0.692. The van der Waals surface area contributed by atoms with E-state index in [0.29, 0.717) is 24.0 Å². The molecule has 8 heteroatoms. The summed E-state index contributed by atoms with van der Waals surface area (Å²) in [4.78, 5) is 50.0. The molecule has 8 nitrogen and oxygen atoms in total. The quantitative estimate of drug-likeness (QED) is 0.375. The van der Waals surface area contributed by atoms with Crippen LogP contribution in [0, 0.1) is 22.7 Å². The van der Waals surface area contributed by atoms with Crippen LogP contribution in [-0.2, 0) is 33.4 Å². The van der Waals surface area contributed by atoms with Crippen molar-refractivity contribution in [1.82, 2.24) is 0 Å². The predicted octanol–water partition coefficient (Wildman–Crippen LogP) is 3.06. The minimum Gasteiger partial charge on any atom is -0.462 e. The van der Waals surface area contributed by atoms with E-state index >= 15 is 0 Å². The lowest BCUT2D eigenvalue weighted by Crippen LogP contribution is -2.63. The molecule has 0 heterocycles. The number of rotatable bonds is 3. The summed E-state index contributed by atoms with van der Waals surface area (Å²) >= 11 is 0. The van der Waals surface area contributed by atoms with Gasteiger partial charge in [0.2, 0.25) is 0 Å². The topological polar surface area (TPSA) is 116 Å². The number of carbonyl (C=O) groups is 4. The molecule has 2 saturated carbocycles. The third kappa shape index (κ3) is 4.21. The largest absolute Gasteiger partial charge is 0.462 e. The molecule has 0 aromatic carbocycles. The number of ketones is 1.